The maximum atomic E-state index is 10.8. The fourth-order valence-electron chi connectivity index (χ4n) is 1.62. The van der Waals surface area contributed by atoms with Crippen molar-refractivity contribution in [2.75, 3.05) is 18.0 Å². The first-order valence-electron chi connectivity index (χ1n) is 5.59. The number of phenolic OH excluding ortho intramolecular Hbond substituents is 1. The van der Waals surface area contributed by atoms with Crippen LogP contribution in [0.5, 0.6) is 5.75 Å². The summed E-state index contributed by atoms with van der Waals surface area (Å²) in [6.45, 7) is -0.116. The number of anilines is 1. The summed E-state index contributed by atoms with van der Waals surface area (Å²) in [5.41, 5.74) is 0.582. The average molecular weight is 259 g/mol. The van der Waals surface area contributed by atoms with Crippen LogP contribution >= 0.6 is 0 Å². The molecule has 6 heteroatoms. The maximum Gasteiger partial charge on any atom is 0.323 e. The highest BCUT2D eigenvalue weighted by atomic mass is 16.4. The quantitative estimate of drug-likeness (QED) is 0.797. The maximum absolute atomic E-state index is 10.8. The van der Waals surface area contributed by atoms with Gasteiger partial charge < -0.3 is 15.1 Å². The van der Waals surface area contributed by atoms with Crippen molar-refractivity contribution in [3.8, 4) is 17.9 Å². The third-order valence-electron chi connectivity index (χ3n) is 2.50. The summed E-state index contributed by atoms with van der Waals surface area (Å²) < 4.78 is 0. The van der Waals surface area contributed by atoms with Gasteiger partial charge in [-0.05, 0) is 24.3 Å². The highest BCUT2D eigenvalue weighted by Crippen LogP contribution is 2.20. The molecule has 98 valence electrons. The lowest BCUT2D eigenvalue weighted by Gasteiger charge is -2.24. The number of rotatable bonds is 6. The van der Waals surface area contributed by atoms with E-state index in [1.807, 2.05) is 12.1 Å². The van der Waals surface area contributed by atoms with Gasteiger partial charge in [0.1, 0.15) is 12.3 Å². The highest BCUT2D eigenvalue weighted by Gasteiger charge is 2.16. The number of nitrogens with zero attached hydrogens (tertiary/aromatic N) is 3. The minimum absolute atomic E-state index is 0.0463. The van der Waals surface area contributed by atoms with Gasteiger partial charge in [-0.25, -0.2) is 0 Å². The van der Waals surface area contributed by atoms with E-state index in [2.05, 4.69) is 0 Å². The van der Waals surface area contributed by atoms with Crippen LogP contribution in [-0.2, 0) is 4.79 Å². The number of phenols is 1. The first-order chi connectivity index (χ1) is 9.06. The van der Waals surface area contributed by atoms with Crippen molar-refractivity contribution in [1.29, 1.82) is 10.5 Å². The number of aliphatic carboxylic acids is 1. The van der Waals surface area contributed by atoms with Gasteiger partial charge in [0.05, 0.1) is 24.5 Å². The summed E-state index contributed by atoms with van der Waals surface area (Å²) in [5.74, 6) is -1.51. The van der Waals surface area contributed by atoms with Crippen molar-refractivity contribution in [3.63, 3.8) is 0 Å². The molecule has 0 aromatic heterocycles. The summed E-state index contributed by atoms with van der Waals surface area (Å²) >= 11 is 0. The second kappa shape index (κ2) is 6.87. The van der Waals surface area contributed by atoms with Crippen LogP contribution in [0.25, 0.3) is 0 Å². The summed E-state index contributed by atoms with van der Waals surface area (Å²) in [5, 5.41) is 35.6. The minimum Gasteiger partial charge on any atom is -0.508 e. The second-order valence-corrected chi connectivity index (χ2v) is 3.98. The summed E-state index contributed by atoms with van der Waals surface area (Å²) in [7, 11) is 0. The molecule has 0 spiro atoms. The van der Waals surface area contributed by atoms with Gasteiger partial charge in [-0.3, -0.25) is 4.79 Å². The average Bonchev–Trinajstić information content (AvgIpc) is 2.37. The highest BCUT2D eigenvalue weighted by molar-refractivity contribution is 5.73. The van der Waals surface area contributed by atoms with Gasteiger partial charge in [0.2, 0.25) is 0 Å². The fraction of sp³-hybridized carbons (Fsp3) is 0.308. The molecule has 0 fully saturated rings. The Balaban J connectivity index is 2.89. The van der Waals surface area contributed by atoms with Gasteiger partial charge in [-0.2, -0.15) is 10.5 Å². The predicted molar refractivity (Wildman–Crippen MR) is 67.3 cm³/mol. The lowest BCUT2D eigenvalue weighted by molar-refractivity contribution is -0.135. The molecule has 1 aromatic carbocycles. The van der Waals surface area contributed by atoms with Crippen molar-refractivity contribution in [2.24, 2.45) is 5.92 Å². The molecule has 1 rings (SSSR count). The van der Waals surface area contributed by atoms with Crippen LogP contribution in [0.3, 0.4) is 0 Å². The molecular formula is C13H13N3O3. The monoisotopic (exact) mass is 259 g/mol. The molecule has 0 aliphatic heterocycles. The zero-order valence-corrected chi connectivity index (χ0v) is 10.2. The summed E-state index contributed by atoms with van der Waals surface area (Å²) in [6.07, 6.45) is 0.0463. The molecule has 0 bridgehead atoms. The third kappa shape index (κ3) is 4.57. The van der Waals surface area contributed by atoms with Crippen LogP contribution < -0.4 is 4.90 Å². The molecule has 0 radical (unpaired) electrons. The van der Waals surface area contributed by atoms with Crippen LogP contribution in [0.15, 0.2) is 24.3 Å². The van der Waals surface area contributed by atoms with E-state index >= 15 is 0 Å². The molecule has 0 aliphatic carbocycles. The zero-order chi connectivity index (χ0) is 14.3. The number of nitriles is 2. The Hall–Kier alpha value is -2.73. The lowest BCUT2D eigenvalue weighted by atomic mass is 10.1. The van der Waals surface area contributed by atoms with Crippen LogP contribution in [0.1, 0.15) is 6.42 Å². The number of aromatic hydroxyl groups is 1. The number of carboxylic acids is 1. The van der Waals surface area contributed by atoms with E-state index in [-0.39, 0.29) is 25.3 Å². The molecule has 19 heavy (non-hydrogen) atoms. The van der Waals surface area contributed by atoms with Crippen molar-refractivity contribution in [3.05, 3.63) is 24.3 Å². The smallest absolute Gasteiger partial charge is 0.323 e. The minimum atomic E-state index is -1.03. The fourth-order valence-corrected chi connectivity index (χ4v) is 1.62. The molecule has 0 aliphatic rings. The zero-order valence-electron chi connectivity index (χ0n) is 10.2. The third-order valence-corrected chi connectivity index (χ3v) is 2.50. The molecular weight excluding hydrogens is 246 g/mol. The number of carboxylic acid groups (broad SMARTS) is 1. The Morgan fingerprint density at radius 1 is 1.32 bits per heavy atom. The first kappa shape index (κ1) is 14.3. The van der Waals surface area contributed by atoms with E-state index in [1.54, 1.807) is 12.1 Å². The largest absolute Gasteiger partial charge is 0.508 e. The van der Waals surface area contributed by atoms with Crippen LogP contribution in [0, 0.1) is 28.6 Å². The van der Waals surface area contributed by atoms with Crippen molar-refractivity contribution in [1.82, 2.24) is 0 Å². The van der Waals surface area contributed by atoms with E-state index in [0.717, 1.165) is 0 Å². The number of hydrogen-bond acceptors (Lipinski definition) is 5. The van der Waals surface area contributed by atoms with Gasteiger partial charge in [-0.1, -0.05) is 0 Å². The lowest BCUT2D eigenvalue weighted by Crippen LogP contribution is -2.33. The summed E-state index contributed by atoms with van der Waals surface area (Å²) in [6, 6.07) is 9.90. The van der Waals surface area contributed by atoms with Crippen LogP contribution in [0.4, 0.5) is 5.69 Å². The van der Waals surface area contributed by atoms with Crippen molar-refractivity contribution >= 4 is 11.7 Å². The van der Waals surface area contributed by atoms with E-state index in [1.165, 1.54) is 17.0 Å². The molecule has 2 N–H and O–H groups in total. The van der Waals surface area contributed by atoms with Crippen LogP contribution in [-0.4, -0.2) is 29.3 Å². The Morgan fingerprint density at radius 2 is 1.95 bits per heavy atom. The van der Waals surface area contributed by atoms with E-state index in [9.17, 15) is 9.90 Å². The molecule has 1 unspecified atom stereocenters. The Labute approximate surface area is 110 Å². The first-order valence-corrected chi connectivity index (χ1v) is 5.59. The molecule has 0 saturated carbocycles. The Morgan fingerprint density at radius 3 is 2.42 bits per heavy atom. The van der Waals surface area contributed by atoms with Crippen molar-refractivity contribution in [2.45, 2.75) is 6.42 Å². The standard InChI is InChI=1S/C13H13N3O3/c14-6-5-10(7-15)8-16(9-13(18)19)11-1-3-12(17)4-2-11/h1-4,10,17H,5,8-9H2,(H,18,19). The van der Waals surface area contributed by atoms with Gasteiger partial charge in [0.25, 0.3) is 0 Å². The van der Waals surface area contributed by atoms with E-state index in [0.29, 0.717) is 5.69 Å². The topological polar surface area (TPSA) is 108 Å². The van der Waals surface area contributed by atoms with Crippen molar-refractivity contribution < 1.29 is 15.0 Å². The second-order valence-electron chi connectivity index (χ2n) is 3.98. The molecule has 1 atom stereocenters. The molecule has 0 amide bonds. The molecule has 1 aromatic rings. The van der Waals surface area contributed by atoms with E-state index < -0.39 is 11.9 Å². The number of benzene rings is 1. The summed E-state index contributed by atoms with van der Waals surface area (Å²) in [4.78, 5) is 12.3. The van der Waals surface area contributed by atoms with Gasteiger partial charge >= 0.3 is 5.97 Å². The Bertz CT molecular complexity index is 513. The SMILES string of the molecule is N#CCC(C#N)CN(CC(=O)O)c1ccc(O)cc1. The van der Waals surface area contributed by atoms with Gasteiger partial charge in [0, 0.05) is 12.2 Å². The molecule has 0 heterocycles. The predicted octanol–water partition coefficient (Wildman–Crippen LogP) is 1.34. The molecule has 0 saturated heterocycles. The van der Waals surface area contributed by atoms with Crippen LogP contribution in [0.2, 0.25) is 0 Å². The Kier molecular flexibility index (Phi) is 5.18. The van der Waals surface area contributed by atoms with E-state index in [4.69, 9.17) is 15.6 Å². The normalized spacial score (nSPS) is 11.1. The number of carbonyl (C=O) groups is 1. The van der Waals surface area contributed by atoms with Gasteiger partial charge in [-0.15, -0.1) is 0 Å². The number of hydrogen-bond donors (Lipinski definition) is 2. The van der Waals surface area contributed by atoms with Gasteiger partial charge in [0.15, 0.2) is 0 Å². The molecule has 6 nitrogen and oxygen atoms in total.